The maximum Gasteiger partial charge on any atom is 0.180 e. The molecule has 0 unspecified atom stereocenters. The minimum atomic E-state index is -0.0630. The number of fused-ring (bicyclic) bond motifs is 1. The molecule has 1 aliphatic rings. The van der Waals surface area contributed by atoms with Gasteiger partial charge >= 0.3 is 0 Å². The normalized spacial score (nSPS) is 13.6. The van der Waals surface area contributed by atoms with E-state index in [1.54, 1.807) is 6.07 Å². The van der Waals surface area contributed by atoms with E-state index in [9.17, 15) is 4.79 Å². The molecule has 17 heavy (non-hydrogen) atoms. The molecule has 4 nitrogen and oxygen atoms in total. The number of hydrogen-bond acceptors (Lipinski definition) is 4. The van der Waals surface area contributed by atoms with Crippen LogP contribution in [-0.4, -0.2) is 25.5 Å². The van der Waals surface area contributed by atoms with Crippen molar-refractivity contribution >= 4 is 17.4 Å². The molecule has 0 spiro atoms. The van der Waals surface area contributed by atoms with Crippen LogP contribution in [0.5, 0.6) is 11.5 Å². The number of hydrogen-bond donors (Lipinski definition) is 1. The zero-order valence-corrected chi connectivity index (χ0v) is 10.3. The van der Waals surface area contributed by atoms with Crippen molar-refractivity contribution in [2.24, 2.45) is 5.73 Å². The van der Waals surface area contributed by atoms with Gasteiger partial charge in [-0.05, 0) is 25.1 Å². The molecule has 1 aliphatic heterocycles. The third-order valence-electron chi connectivity index (χ3n) is 2.62. The fourth-order valence-electron chi connectivity index (χ4n) is 1.86. The van der Waals surface area contributed by atoms with Crippen LogP contribution in [0.25, 0.3) is 0 Å². The third kappa shape index (κ3) is 2.23. The highest BCUT2D eigenvalue weighted by Gasteiger charge is 2.23. The smallest absolute Gasteiger partial charge is 0.180 e. The van der Waals surface area contributed by atoms with Crippen molar-refractivity contribution in [1.82, 2.24) is 0 Å². The maximum atomic E-state index is 11.9. The van der Waals surface area contributed by atoms with Gasteiger partial charge in [-0.3, -0.25) is 4.79 Å². The summed E-state index contributed by atoms with van der Waals surface area (Å²) in [7, 11) is 0. The molecule has 0 fully saturated rings. The summed E-state index contributed by atoms with van der Waals surface area (Å²) >= 11 is 6.20. The first-order valence-electron chi connectivity index (χ1n) is 5.47. The van der Waals surface area contributed by atoms with Gasteiger partial charge in [0.1, 0.15) is 13.2 Å². The summed E-state index contributed by atoms with van der Waals surface area (Å²) in [5.41, 5.74) is 6.66. The highest BCUT2D eigenvalue weighted by molar-refractivity contribution is 6.36. The van der Waals surface area contributed by atoms with Crippen molar-refractivity contribution in [2.75, 3.05) is 19.8 Å². The highest BCUT2D eigenvalue weighted by atomic mass is 35.5. The van der Waals surface area contributed by atoms with Gasteiger partial charge in [0.15, 0.2) is 17.3 Å². The summed E-state index contributed by atoms with van der Waals surface area (Å²) in [4.78, 5) is 11.9. The van der Waals surface area contributed by atoms with E-state index in [0.717, 1.165) is 5.56 Å². The third-order valence-corrected chi connectivity index (χ3v) is 2.98. The Bertz CT molecular complexity index is 460. The Morgan fingerprint density at radius 2 is 2.18 bits per heavy atom. The minimum absolute atomic E-state index is 0.0630. The number of benzene rings is 1. The summed E-state index contributed by atoms with van der Waals surface area (Å²) in [6.07, 6.45) is 0.278. The van der Waals surface area contributed by atoms with Crippen molar-refractivity contribution in [2.45, 2.75) is 13.3 Å². The van der Waals surface area contributed by atoms with Gasteiger partial charge in [0.05, 0.1) is 5.02 Å². The Kier molecular flexibility index (Phi) is 3.54. The Hall–Kier alpha value is -1.26. The van der Waals surface area contributed by atoms with E-state index in [1.165, 1.54) is 0 Å². The standard InChI is InChI=1S/C12H14ClNO3/c1-7-6-9-12(17-5-4-16-9)11(13)10(7)8(15)2-3-14/h6H,2-5,14H2,1H3. The molecule has 0 radical (unpaired) electrons. The molecule has 0 amide bonds. The van der Waals surface area contributed by atoms with Gasteiger partial charge < -0.3 is 15.2 Å². The first-order valence-corrected chi connectivity index (χ1v) is 5.85. The molecular weight excluding hydrogens is 242 g/mol. The largest absolute Gasteiger partial charge is 0.486 e. The number of nitrogens with two attached hydrogens (primary N) is 1. The van der Waals surface area contributed by atoms with Crippen LogP contribution >= 0.6 is 11.6 Å². The lowest BCUT2D eigenvalue weighted by atomic mass is 10.0. The molecule has 2 N–H and O–H groups in total. The molecule has 1 aromatic carbocycles. The van der Waals surface area contributed by atoms with Crippen molar-refractivity contribution < 1.29 is 14.3 Å². The van der Waals surface area contributed by atoms with Crippen LogP contribution in [0.15, 0.2) is 6.07 Å². The number of rotatable bonds is 3. The Morgan fingerprint density at radius 3 is 2.88 bits per heavy atom. The monoisotopic (exact) mass is 255 g/mol. The zero-order valence-electron chi connectivity index (χ0n) is 9.59. The van der Waals surface area contributed by atoms with Gasteiger partial charge in [0.2, 0.25) is 0 Å². The van der Waals surface area contributed by atoms with Crippen LogP contribution in [-0.2, 0) is 0 Å². The quantitative estimate of drug-likeness (QED) is 0.839. The molecule has 0 saturated carbocycles. The van der Waals surface area contributed by atoms with Gasteiger partial charge in [-0.15, -0.1) is 0 Å². The predicted octanol–water partition coefficient (Wildman–Crippen LogP) is 1.95. The van der Waals surface area contributed by atoms with Crippen LogP contribution < -0.4 is 15.2 Å². The lowest BCUT2D eigenvalue weighted by molar-refractivity contribution is 0.0983. The molecule has 2 rings (SSSR count). The average molecular weight is 256 g/mol. The van der Waals surface area contributed by atoms with Gasteiger partial charge in [0, 0.05) is 12.0 Å². The fourth-order valence-corrected chi connectivity index (χ4v) is 2.27. The first-order chi connectivity index (χ1) is 8.15. The van der Waals surface area contributed by atoms with Crippen LogP contribution in [0, 0.1) is 6.92 Å². The van der Waals surface area contributed by atoms with E-state index in [0.29, 0.717) is 41.8 Å². The van der Waals surface area contributed by atoms with Gasteiger partial charge in [-0.25, -0.2) is 0 Å². The number of halogens is 1. The Labute approximate surface area is 105 Å². The number of aryl methyl sites for hydroxylation is 1. The number of carbonyl (C=O) groups excluding carboxylic acids is 1. The highest BCUT2D eigenvalue weighted by Crippen LogP contribution is 2.41. The van der Waals surface area contributed by atoms with Crippen LogP contribution in [0.3, 0.4) is 0 Å². The molecule has 1 aromatic rings. The molecule has 92 valence electrons. The van der Waals surface area contributed by atoms with Crippen molar-refractivity contribution in [1.29, 1.82) is 0 Å². The van der Waals surface area contributed by atoms with E-state index in [4.69, 9.17) is 26.8 Å². The van der Waals surface area contributed by atoms with Crippen LogP contribution in [0.2, 0.25) is 5.02 Å². The lowest BCUT2D eigenvalue weighted by Crippen LogP contribution is -2.18. The summed E-state index contributed by atoms with van der Waals surface area (Å²) in [5.74, 6) is 0.999. The molecule has 0 saturated heterocycles. The SMILES string of the molecule is Cc1cc2c(c(Cl)c1C(=O)CCN)OCCO2. The number of Topliss-reactive ketones (excluding diaryl/α,β-unsaturated/α-hetero) is 1. The summed E-state index contributed by atoms with van der Waals surface area (Å²) in [6.45, 7) is 3.08. The van der Waals surface area contributed by atoms with Crippen LogP contribution in [0.4, 0.5) is 0 Å². The lowest BCUT2D eigenvalue weighted by Gasteiger charge is -2.21. The first kappa shape index (κ1) is 12.2. The molecular formula is C12H14ClNO3. The van der Waals surface area contributed by atoms with E-state index >= 15 is 0 Å². The Morgan fingerprint density at radius 1 is 1.47 bits per heavy atom. The second kappa shape index (κ2) is 4.94. The molecule has 0 aromatic heterocycles. The molecule has 1 heterocycles. The number of carbonyl (C=O) groups is 1. The average Bonchev–Trinajstić information content (AvgIpc) is 2.29. The molecule has 0 atom stereocenters. The fraction of sp³-hybridized carbons (Fsp3) is 0.417. The van der Waals surface area contributed by atoms with E-state index in [-0.39, 0.29) is 12.2 Å². The van der Waals surface area contributed by atoms with Gasteiger partial charge in [-0.1, -0.05) is 11.6 Å². The summed E-state index contributed by atoms with van der Waals surface area (Å²) in [5, 5.41) is 0.332. The molecule has 0 bridgehead atoms. The van der Waals surface area contributed by atoms with E-state index in [1.807, 2.05) is 6.92 Å². The van der Waals surface area contributed by atoms with Crippen molar-refractivity contribution in [3.05, 3.63) is 22.2 Å². The molecule has 5 heteroatoms. The van der Waals surface area contributed by atoms with E-state index in [2.05, 4.69) is 0 Å². The van der Waals surface area contributed by atoms with Gasteiger partial charge in [-0.2, -0.15) is 0 Å². The molecule has 0 aliphatic carbocycles. The summed E-state index contributed by atoms with van der Waals surface area (Å²) in [6, 6.07) is 1.78. The topological polar surface area (TPSA) is 61.6 Å². The van der Waals surface area contributed by atoms with Gasteiger partial charge in [0.25, 0.3) is 0 Å². The number of ketones is 1. The second-order valence-corrected chi connectivity index (χ2v) is 4.25. The van der Waals surface area contributed by atoms with Crippen molar-refractivity contribution in [3.63, 3.8) is 0 Å². The zero-order chi connectivity index (χ0) is 12.4. The van der Waals surface area contributed by atoms with Crippen molar-refractivity contribution in [3.8, 4) is 11.5 Å². The maximum absolute atomic E-state index is 11.9. The predicted molar refractivity (Wildman–Crippen MR) is 65.2 cm³/mol. The number of ether oxygens (including phenoxy) is 2. The second-order valence-electron chi connectivity index (χ2n) is 3.87. The summed E-state index contributed by atoms with van der Waals surface area (Å²) < 4.78 is 10.9. The Balaban J connectivity index is 2.49. The van der Waals surface area contributed by atoms with E-state index < -0.39 is 0 Å². The van der Waals surface area contributed by atoms with Crippen LogP contribution in [0.1, 0.15) is 22.3 Å². The minimum Gasteiger partial charge on any atom is -0.486 e.